The van der Waals surface area contributed by atoms with Gasteiger partial charge in [0.15, 0.2) is 0 Å². The molecule has 0 radical (unpaired) electrons. The van der Waals surface area contributed by atoms with Gasteiger partial charge in [0.1, 0.15) is 5.82 Å². The molecule has 2 fully saturated rings. The Kier molecular flexibility index (Phi) is 5.85. The lowest BCUT2D eigenvalue weighted by Crippen LogP contribution is -2.45. The van der Waals surface area contributed by atoms with Gasteiger partial charge in [-0.25, -0.2) is 4.39 Å². The third-order valence-electron chi connectivity index (χ3n) is 5.23. The molecule has 2 saturated heterocycles. The number of rotatable bonds is 3. The van der Waals surface area contributed by atoms with Gasteiger partial charge in [-0.15, -0.1) is 0 Å². The molecule has 0 unspecified atom stereocenters. The second-order valence-corrected chi connectivity index (χ2v) is 7.09. The summed E-state index contributed by atoms with van der Waals surface area (Å²) in [6.07, 6.45) is 4.18. The van der Waals surface area contributed by atoms with Crippen molar-refractivity contribution in [1.82, 2.24) is 14.7 Å². The van der Waals surface area contributed by atoms with Gasteiger partial charge in [0.2, 0.25) is 5.91 Å². The van der Waals surface area contributed by atoms with Gasteiger partial charge in [0.05, 0.1) is 12.6 Å². The minimum Gasteiger partial charge on any atom is -0.335 e. The first-order valence-corrected chi connectivity index (χ1v) is 9.09. The van der Waals surface area contributed by atoms with Crippen LogP contribution in [0, 0.1) is 5.82 Å². The molecule has 4 nitrogen and oxygen atoms in total. The minimum atomic E-state index is -0.221. The van der Waals surface area contributed by atoms with E-state index in [4.69, 9.17) is 0 Å². The molecule has 0 aliphatic carbocycles. The quantitative estimate of drug-likeness (QED) is 0.850. The molecule has 1 amide bonds. The first-order valence-electron chi connectivity index (χ1n) is 9.09. The van der Waals surface area contributed by atoms with E-state index in [2.05, 4.69) is 16.8 Å². The van der Waals surface area contributed by atoms with E-state index < -0.39 is 0 Å². The Morgan fingerprint density at radius 3 is 2.83 bits per heavy atom. The molecule has 2 aliphatic heterocycles. The van der Waals surface area contributed by atoms with Crippen molar-refractivity contribution in [3.8, 4) is 0 Å². The number of hydrogen-bond acceptors (Lipinski definition) is 3. The predicted molar refractivity (Wildman–Crippen MR) is 93.3 cm³/mol. The second kappa shape index (κ2) is 8.08. The van der Waals surface area contributed by atoms with Crippen molar-refractivity contribution in [1.29, 1.82) is 0 Å². The highest BCUT2D eigenvalue weighted by molar-refractivity contribution is 5.79. The van der Waals surface area contributed by atoms with Crippen LogP contribution in [0.25, 0.3) is 0 Å². The molecule has 3 rings (SSSR count). The zero-order chi connectivity index (χ0) is 16.9. The molecule has 1 atom stereocenters. The van der Waals surface area contributed by atoms with Gasteiger partial charge in [-0.05, 0) is 63.5 Å². The molecule has 1 aromatic carbocycles. The first-order chi connectivity index (χ1) is 11.6. The highest BCUT2D eigenvalue weighted by Gasteiger charge is 2.29. The van der Waals surface area contributed by atoms with Crippen molar-refractivity contribution in [2.75, 3.05) is 46.3 Å². The molecular formula is C19H28FN3O. The van der Waals surface area contributed by atoms with Crippen LogP contribution in [-0.4, -0.2) is 66.9 Å². The van der Waals surface area contributed by atoms with E-state index in [1.807, 2.05) is 11.0 Å². The Morgan fingerprint density at radius 2 is 2.00 bits per heavy atom. The molecule has 2 aliphatic rings. The number of likely N-dealkylation sites (tertiary alicyclic amines) is 1. The lowest BCUT2D eigenvalue weighted by molar-refractivity contribution is -0.136. The lowest BCUT2D eigenvalue weighted by atomic mass is 9.95. The van der Waals surface area contributed by atoms with Crippen LogP contribution < -0.4 is 0 Å². The van der Waals surface area contributed by atoms with Gasteiger partial charge in [0.25, 0.3) is 0 Å². The highest BCUT2D eigenvalue weighted by atomic mass is 19.1. The molecular weight excluding hydrogens is 305 g/mol. The molecule has 24 heavy (non-hydrogen) atoms. The number of amides is 1. The van der Waals surface area contributed by atoms with Gasteiger partial charge in [-0.1, -0.05) is 12.1 Å². The van der Waals surface area contributed by atoms with Crippen LogP contribution in [0.1, 0.15) is 37.3 Å². The Labute approximate surface area is 144 Å². The maximum absolute atomic E-state index is 13.6. The van der Waals surface area contributed by atoms with E-state index in [-0.39, 0.29) is 17.8 Å². The standard InChI is InChI=1S/C19H28FN3O/c1-21-9-5-10-22(13-12-21)15-19(24)23-11-3-2-8-18(23)16-6-4-7-17(20)14-16/h4,6-7,14,18H,2-3,5,8-13,15H2,1H3/t18-/m1/s1. The topological polar surface area (TPSA) is 26.8 Å². The normalized spacial score (nSPS) is 23.9. The van der Waals surface area contributed by atoms with Crippen LogP contribution in [-0.2, 0) is 4.79 Å². The van der Waals surface area contributed by atoms with Crippen molar-refractivity contribution in [2.24, 2.45) is 0 Å². The summed E-state index contributed by atoms with van der Waals surface area (Å²) in [4.78, 5) is 19.5. The van der Waals surface area contributed by atoms with Crippen LogP contribution in [0.5, 0.6) is 0 Å². The Bertz CT molecular complexity index is 565. The number of piperidine rings is 1. The zero-order valence-corrected chi connectivity index (χ0v) is 14.6. The maximum Gasteiger partial charge on any atom is 0.237 e. The summed E-state index contributed by atoms with van der Waals surface area (Å²) in [5.41, 5.74) is 0.929. The summed E-state index contributed by atoms with van der Waals surface area (Å²) in [6, 6.07) is 6.76. The number of nitrogens with zero attached hydrogens (tertiary/aromatic N) is 3. The molecule has 132 valence electrons. The Balaban J connectivity index is 1.67. The van der Waals surface area contributed by atoms with Crippen LogP contribution in [0.15, 0.2) is 24.3 Å². The van der Waals surface area contributed by atoms with Gasteiger partial charge >= 0.3 is 0 Å². The highest BCUT2D eigenvalue weighted by Crippen LogP contribution is 2.31. The Morgan fingerprint density at radius 1 is 1.12 bits per heavy atom. The van der Waals surface area contributed by atoms with Crippen molar-refractivity contribution in [3.63, 3.8) is 0 Å². The van der Waals surface area contributed by atoms with Gasteiger partial charge in [0, 0.05) is 19.6 Å². The smallest absolute Gasteiger partial charge is 0.237 e. The third kappa shape index (κ3) is 4.33. The monoisotopic (exact) mass is 333 g/mol. The summed E-state index contributed by atoms with van der Waals surface area (Å²) >= 11 is 0. The van der Waals surface area contributed by atoms with Gasteiger partial charge in [-0.3, -0.25) is 9.69 Å². The summed E-state index contributed by atoms with van der Waals surface area (Å²) in [6.45, 7) is 5.31. The van der Waals surface area contributed by atoms with Gasteiger partial charge < -0.3 is 9.80 Å². The fourth-order valence-corrected chi connectivity index (χ4v) is 3.83. The molecule has 0 N–H and O–H groups in total. The van der Waals surface area contributed by atoms with Crippen molar-refractivity contribution < 1.29 is 9.18 Å². The largest absolute Gasteiger partial charge is 0.335 e. The molecule has 0 spiro atoms. The van der Waals surface area contributed by atoms with E-state index in [1.54, 1.807) is 12.1 Å². The van der Waals surface area contributed by atoms with Crippen LogP contribution in [0.4, 0.5) is 4.39 Å². The number of halogens is 1. The molecule has 1 aromatic rings. The van der Waals surface area contributed by atoms with E-state index in [1.165, 1.54) is 6.07 Å². The average Bonchev–Trinajstić information content (AvgIpc) is 2.79. The van der Waals surface area contributed by atoms with Crippen molar-refractivity contribution in [2.45, 2.75) is 31.7 Å². The lowest BCUT2D eigenvalue weighted by Gasteiger charge is -2.37. The van der Waals surface area contributed by atoms with Crippen LogP contribution in [0.2, 0.25) is 0 Å². The van der Waals surface area contributed by atoms with E-state index in [9.17, 15) is 9.18 Å². The third-order valence-corrected chi connectivity index (χ3v) is 5.23. The molecule has 5 heteroatoms. The second-order valence-electron chi connectivity index (χ2n) is 7.09. The fourth-order valence-electron chi connectivity index (χ4n) is 3.83. The maximum atomic E-state index is 13.6. The van der Waals surface area contributed by atoms with Crippen molar-refractivity contribution in [3.05, 3.63) is 35.6 Å². The summed E-state index contributed by atoms with van der Waals surface area (Å²) in [5.74, 6) is -0.0328. The van der Waals surface area contributed by atoms with Crippen LogP contribution >= 0.6 is 0 Å². The fraction of sp³-hybridized carbons (Fsp3) is 0.632. The molecule has 2 heterocycles. The molecule has 0 bridgehead atoms. The van der Waals surface area contributed by atoms with Crippen molar-refractivity contribution >= 4 is 5.91 Å². The predicted octanol–water partition coefficient (Wildman–Crippen LogP) is 2.52. The Hall–Kier alpha value is -1.46. The van der Waals surface area contributed by atoms with Gasteiger partial charge in [-0.2, -0.15) is 0 Å². The minimum absolute atomic E-state index is 0.0246. The van der Waals surface area contributed by atoms with E-state index in [0.717, 1.165) is 64.0 Å². The van der Waals surface area contributed by atoms with Crippen LogP contribution in [0.3, 0.4) is 0 Å². The number of carbonyl (C=O) groups is 1. The zero-order valence-electron chi connectivity index (χ0n) is 14.6. The summed E-state index contributed by atoms with van der Waals surface area (Å²) in [5, 5.41) is 0. The molecule has 0 aromatic heterocycles. The number of likely N-dealkylation sites (N-methyl/N-ethyl adjacent to an activating group) is 1. The first kappa shape index (κ1) is 17.4. The summed E-state index contributed by atoms with van der Waals surface area (Å²) in [7, 11) is 2.13. The molecule has 0 saturated carbocycles. The van der Waals surface area contributed by atoms with E-state index >= 15 is 0 Å². The average molecular weight is 333 g/mol. The van der Waals surface area contributed by atoms with E-state index in [0.29, 0.717) is 6.54 Å². The number of hydrogen-bond donors (Lipinski definition) is 0. The SMILES string of the molecule is CN1CCCN(CC(=O)N2CCCC[C@@H]2c2cccc(F)c2)CC1. The number of carbonyl (C=O) groups excluding carboxylic acids is 1. The number of benzene rings is 1. The summed E-state index contributed by atoms with van der Waals surface area (Å²) < 4.78 is 13.6.